The number of nitrogens with one attached hydrogen (secondary N) is 4. The maximum atomic E-state index is 13.8. The SMILES string of the molecule is COc1ccc(CCCNC(=O)[C@@H]2CCC(=O)NC3(CCCCC3)C(=O)N[C@H](C(C)C)COc3ccccc3C(=O)N2)cc1OC. The third-order valence-electron chi connectivity index (χ3n) is 8.86. The summed E-state index contributed by atoms with van der Waals surface area (Å²) in [6.45, 7) is 4.49. The van der Waals surface area contributed by atoms with Crippen LogP contribution in [0.4, 0.5) is 0 Å². The zero-order valence-electron chi connectivity index (χ0n) is 27.4. The Labute approximate surface area is 271 Å². The molecule has 1 saturated carbocycles. The molecule has 1 spiro atoms. The first-order chi connectivity index (χ1) is 22.2. The second kappa shape index (κ2) is 16.3. The predicted octanol–water partition coefficient (Wildman–Crippen LogP) is 3.68. The molecular weight excluding hydrogens is 588 g/mol. The van der Waals surface area contributed by atoms with Gasteiger partial charge in [-0.25, -0.2) is 0 Å². The normalized spacial score (nSPS) is 20.6. The number of hydrogen-bond acceptors (Lipinski definition) is 7. The molecule has 1 heterocycles. The minimum atomic E-state index is -1.02. The fourth-order valence-electron chi connectivity index (χ4n) is 6.00. The second-order valence-electron chi connectivity index (χ2n) is 12.5. The number of carbonyl (C=O) groups is 4. The topological polar surface area (TPSA) is 144 Å². The molecule has 0 aromatic heterocycles. The van der Waals surface area contributed by atoms with Gasteiger partial charge in [0.05, 0.1) is 25.8 Å². The Balaban J connectivity index is 1.51. The zero-order valence-corrected chi connectivity index (χ0v) is 27.4. The first-order valence-corrected chi connectivity index (χ1v) is 16.3. The van der Waals surface area contributed by atoms with E-state index in [1.54, 1.807) is 38.5 Å². The van der Waals surface area contributed by atoms with E-state index in [1.165, 1.54) is 0 Å². The molecule has 1 fully saturated rings. The number of fused-ring (bicyclic) bond motifs is 1. The van der Waals surface area contributed by atoms with E-state index in [0.29, 0.717) is 49.5 Å². The average molecular weight is 637 g/mol. The summed E-state index contributed by atoms with van der Waals surface area (Å²) in [5.74, 6) is 0.255. The monoisotopic (exact) mass is 636 g/mol. The van der Waals surface area contributed by atoms with E-state index in [4.69, 9.17) is 14.2 Å². The Bertz CT molecular complexity index is 1370. The van der Waals surface area contributed by atoms with Gasteiger partial charge in [-0.05, 0) is 67.9 Å². The molecule has 11 nitrogen and oxygen atoms in total. The van der Waals surface area contributed by atoms with Crippen molar-refractivity contribution in [2.75, 3.05) is 27.4 Å². The van der Waals surface area contributed by atoms with Gasteiger partial charge in [-0.2, -0.15) is 0 Å². The lowest BCUT2D eigenvalue weighted by Crippen LogP contribution is -2.62. The largest absolute Gasteiger partial charge is 0.493 e. The summed E-state index contributed by atoms with van der Waals surface area (Å²) in [4.78, 5) is 54.0. The summed E-state index contributed by atoms with van der Waals surface area (Å²) < 4.78 is 16.8. The van der Waals surface area contributed by atoms with Crippen LogP contribution in [0.2, 0.25) is 0 Å². The summed E-state index contributed by atoms with van der Waals surface area (Å²) in [7, 11) is 3.17. The van der Waals surface area contributed by atoms with Crippen molar-refractivity contribution in [3.8, 4) is 17.2 Å². The number of aryl methyl sites for hydroxylation is 1. The highest BCUT2D eigenvalue weighted by atomic mass is 16.5. The Hall–Kier alpha value is -4.28. The first-order valence-electron chi connectivity index (χ1n) is 16.3. The van der Waals surface area contributed by atoms with Crippen molar-refractivity contribution in [1.29, 1.82) is 0 Å². The Morgan fingerprint density at radius 3 is 2.46 bits per heavy atom. The number of methoxy groups -OCH3 is 2. The maximum Gasteiger partial charge on any atom is 0.255 e. The molecule has 250 valence electrons. The van der Waals surface area contributed by atoms with Crippen molar-refractivity contribution in [3.05, 3.63) is 53.6 Å². The van der Waals surface area contributed by atoms with Crippen molar-refractivity contribution >= 4 is 23.6 Å². The van der Waals surface area contributed by atoms with Crippen LogP contribution in [-0.4, -0.2) is 68.6 Å². The van der Waals surface area contributed by atoms with Crippen LogP contribution in [0.15, 0.2) is 42.5 Å². The zero-order chi connectivity index (χ0) is 33.1. The van der Waals surface area contributed by atoms with E-state index in [0.717, 1.165) is 24.8 Å². The highest BCUT2D eigenvalue weighted by Gasteiger charge is 2.42. The summed E-state index contributed by atoms with van der Waals surface area (Å²) in [5.41, 5.74) is 0.277. The molecule has 1 aliphatic carbocycles. The summed E-state index contributed by atoms with van der Waals surface area (Å²) in [6.07, 6.45) is 5.10. The third-order valence-corrected chi connectivity index (χ3v) is 8.86. The predicted molar refractivity (Wildman–Crippen MR) is 174 cm³/mol. The van der Waals surface area contributed by atoms with Gasteiger partial charge in [-0.3, -0.25) is 19.2 Å². The number of carbonyl (C=O) groups excluding carboxylic acids is 4. The minimum absolute atomic E-state index is 0.0369. The van der Waals surface area contributed by atoms with Crippen LogP contribution in [0.5, 0.6) is 17.2 Å². The van der Waals surface area contributed by atoms with Crippen molar-refractivity contribution < 1.29 is 33.4 Å². The molecule has 11 heteroatoms. The molecule has 2 atom stereocenters. The van der Waals surface area contributed by atoms with Gasteiger partial charge in [0, 0.05) is 13.0 Å². The van der Waals surface area contributed by atoms with Gasteiger partial charge in [0.2, 0.25) is 17.7 Å². The second-order valence-corrected chi connectivity index (χ2v) is 12.5. The van der Waals surface area contributed by atoms with Gasteiger partial charge in [-0.1, -0.05) is 51.3 Å². The number of rotatable bonds is 8. The molecular formula is C35H48N4O7. The van der Waals surface area contributed by atoms with Crippen LogP contribution in [-0.2, 0) is 20.8 Å². The van der Waals surface area contributed by atoms with Crippen molar-refractivity contribution in [2.45, 2.75) is 89.3 Å². The van der Waals surface area contributed by atoms with E-state index in [-0.39, 0.29) is 54.7 Å². The molecule has 2 aromatic carbocycles. The summed E-state index contributed by atoms with van der Waals surface area (Å²) in [5, 5.41) is 11.9. The molecule has 0 radical (unpaired) electrons. The van der Waals surface area contributed by atoms with Crippen molar-refractivity contribution in [2.24, 2.45) is 5.92 Å². The lowest BCUT2D eigenvalue weighted by molar-refractivity contribution is -0.136. The number of benzene rings is 2. The minimum Gasteiger partial charge on any atom is -0.493 e. The number of amides is 4. The molecule has 2 aliphatic rings. The van der Waals surface area contributed by atoms with Crippen LogP contribution in [0.25, 0.3) is 0 Å². The fraction of sp³-hybridized carbons (Fsp3) is 0.543. The highest BCUT2D eigenvalue weighted by Crippen LogP contribution is 2.30. The van der Waals surface area contributed by atoms with Crippen LogP contribution >= 0.6 is 0 Å². The molecule has 0 saturated heterocycles. The van der Waals surface area contributed by atoms with Crippen LogP contribution in [0.1, 0.15) is 81.1 Å². The molecule has 4 N–H and O–H groups in total. The first kappa shape index (κ1) is 34.6. The van der Waals surface area contributed by atoms with Crippen molar-refractivity contribution in [3.63, 3.8) is 0 Å². The fourth-order valence-corrected chi connectivity index (χ4v) is 6.00. The van der Waals surface area contributed by atoms with E-state index in [9.17, 15) is 19.2 Å². The molecule has 46 heavy (non-hydrogen) atoms. The smallest absolute Gasteiger partial charge is 0.255 e. The van der Waals surface area contributed by atoms with Gasteiger partial charge in [0.25, 0.3) is 5.91 Å². The molecule has 1 aliphatic heterocycles. The molecule has 4 rings (SSSR count). The van der Waals surface area contributed by atoms with E-state index >= 15 is 0 Å². The highest BCUT2D eigenvalue weighted by molar-refractivity contribution is 6.00. The maximum absolute atomic E-state index is 13.8. The van der Waals surface area contributed by atoms with Crippen LogP contribution in [0.3, 0.4) is 0 Å². The van der Waals surface area contributed by atoms with Gasteiger partial charge in [0.1, 0.15) is 23.9 Å². The van der Waals surface area contributed by atoms with Gasteiger partial charge in [0.15, 0.2) is 11.5 Å². The Morgan fingerprint density at radius 1 is 1.00 bits per heavy atom. The van der Waals surface area contributed by atoms with Crippen LogP contribution in [0, 0.1) is 5.92 Å². The lowest BCUT2D eigenvalue weighted by Gasteiger charge is -2.38. The van der Waals surface area contributed by atoms with E-state index in [1.807, 2.05) is 32.0 Å². The Kier molecular flexibility index (Phi) is 12.3. The van der Waals surface area contributed by atoms with Gasteiger partial charge < -0.3 is 35.5 Å². The van der Waals surface area contributed by atoms with Crippen LogP contribution < -0.4 is 35.5 Å². The lowest BCUT2D eigenvalue weighted by atomic mass is 9.80. The van der Waals surface area contributed by atoms with E-state index < -0.39 is 17.5 Å². The number of ether oxygens (including phenoxy) is 3. The van der Waals surface area contributed by atoms with Gasteiger partial charge in [-0.15, -0.1) is 0 Å². The quantitative estimate of drug-likeness (QED) is 0.324. The third kappa shape index (κ3) is 8.92. The number of hydrogen-bond donors (Lipinski definition) is 4. The summed E-state index contributed by atoms with van der Waals surface area (Å²) >= 11 is 0. The molecule has 4 amide bonds. The standard InChI is InChI=1S/C35H48N4O7/c1-23(2)27-22-46-28-13-7-6-12-25(28)32(41)37-26(15-17-31(40)39-35(34(43)38-27)18-8-5-9-19-35)33(42)36-20-10-11-24-14-16-29(44-3)30(21-24)45-4/h6-7,12-14,16,21,23,26-27H,5,8-11,15,17-20,22H2,1-4H3,(H,36,42)(H,37,41)(H,38,43)(H,39,40)/t26-,27-/m0/s1. The Morgan fingerprint density at radius 2 is 1.74 bits per heavy atom. The number of para-hydroxylation sites is 1. The summed E-state index contributed by atoms with van der Waals surface area (Å²) in [6, 6.07) is 11.2. The molecule has 0 bridgehead atoms. The van der Waals surface area contributed by atoms with E-state index in [2.05, 4.69) is 21.3 Å². The average Bonchev–Trinajstić information content (AvgIpc) is 3.06. The van der Waals surface area contributed by atoms with Gasteiger partial charge >= 0.3 is 0 Å². The van der Waals surface area contributed by atoms with Crippen molar-refractivity contribution in [1.82, 2.24) is 21.3 Å². The molecule has 0 unspecified atom stereocenters. The molecule has 2 aromatic rings.